The molecular formula is C13H14N4OS. The van der Waals surface area contributed by atoms with Crippen LogP contribution in [-0.2, 0) is 6.54 Å². The molecule has 2 N–H and O–H groups in total. The van der Waals surface area contributed by atoms with Crippen molar-refractivity contribution in [3.8, 4) is 0 Å². The second kappa shape index (κ2) is 4.97. The molecule has 6 heteroatoms. The summed E-state index contributed by atoms with van der Waals surface area (Å²) in [7, 11) is 0. The van der Waals surface area contributed by atoms with Gasteiger partial charge in [-0.2, -0.15) is 0 Å². The minimum atomic E-state index is 0.679. The fourth-order valence-electron chi connectivity index (χ4n) is 1.86. The van der Waals surface area contributed by atoms with E-state index in [4.69, 9.17) is 10.2 Å². The molecule has 0 aliphatic carbocycles. The Balaban J connectivity index is 1.67. The van der Waals surface area contributed by atoms with E-state index in [0.29, 0.717) is 10.9 Å². The predicted octanol–water partition coefficient (Wildman–Crippen LogP) is 2.71. The molecule has 0 saturated carbocycles. The van der Waals surface area contributed by atoms with Crippen molar-refractivity contribution >= 4 is 28.5 Å². The standard InChI is InChI=1S/C13H14N4OS/c1-9-15-4-5-17(9)6-7-19-13-16-11-8-10(14)2-3-12(11)18-13/h2-5,8H,6-7,14H2,1H3. The number of thioether (sulfide) groups is 1. The summed E-state index contributed by atoms with van der Waals surface area (Å²) in [4.78, 5) is 8.59. The minimum absolute atomic E-state index is 0.679. The largest absolute Gasteiger partial charge is 0.431 e. The molecule has 1 aromatic carbocycles. The Kier molecular flexibility index (Phi) is 3.16. The molecule has 0 atom stereocenters. The monoisotopic (exact) mass is 274 g/mol. The Labute approximate surface area is 114 Å². The molecule has 19 heavy (non-hydrogen) atoms. The summed E-state index contributed by atoms with van der Waals surface area (Å²) >= 11 is 1.59. The summed E-state index contributed by atoms with van der Waals surface area (Å²) in [5.41, 5.74) is 8.00. The van der Waals surface area contributed by atoms with Crippen LogP contribution in [0, 0.1) is 6.92 Å². The van der Waals surface area contributed by atoms with Gasteiger partial charge in [0.1, 0.15) is 11.3 Å². The van der Waals surface area contributed by atoms with E-state index >= 15 is 0 Å². The molecule has 3 aromatic rings. The van der Waals surface area contributed by atoms with Crippen LogP contribution in [0.3, 0.4) is 0 Å². The van der Waals surface area contributed by atoms with Crippen molar-refractivity contribution in [3.05, 3.63) is 36.4 Å². The molecule has 0 radical (unpaired) electrons. The van der Waals surface area contributed by atoms with E-state index in [1.807, 2.05) is 37.5 Å². The molecule has 3 rings (SSSR count). The second-order valence-corrected chi connectivity index (χ2v) is 5.27. The van der Waals surface area contributed by atoms with E-state index in [0.717, 1.165) is 29.2 Å². The van der Waals surface area contributed by atoms with Gasteiger partial charge >= 0.3 is 0 Å². The van der Waals surface area contributed by atoms with Crippen LogP contribution in [0.15, 0.2) is 40.2 Å². The van der Waals surface area contributed by atoms with Crippen molar-refractivity contribution in [2.24, 2.45) is 0 Å². The van der Waals surface area contributed by atoms with E-state index in [-0.39, 0.29) is 0 Å². The number of hydrogen-bond acceptors (Lipinski definition) is 5. The van der Waals surface area contributed by atoms with E-state index < -0.39 is 0 Å². The highest BCUT2D eigenvalue weighted by atomic mass is 32.2. The van der Waals surface area contributed by atoms with Gasteiger partial charge in [0.25, 0.3) is 5.22 Å². The van der Waals surface area contributed by atoms with E-state index in [9.17, 15) is 0 Å². The lowest BCUT2D eigenvalue weighted by Crippen LogP contribution is -2.01. The second-order valence-electron chi connectivity index (χ2n) is 4.22. The first-order valence-corrected chi connectivity index (χ1v) is 6.97. The molecular weight excluding hydrogens is 260 g/mol. The van der Waals surface area contributed by atoms with Gasteiger partial charge in [0, 0.05) is 30.4 Å². The number of aryl methyl sites for hydroxylation is 2. The van der Waals surface area contributed by atoms with Crippen LogP contribution in [0.1, 0.15) is 5.82 Å². The van der Waals surface area contributed by atoms with Gasteiger partial charge in [-0.25, -0.2) is 9.97 Å². The highest BCUT2D eigenvalue weighted by Gasteiger charge is 2.06. The Bertz CT molecular complexity index is 704. The van der Waals surface area contributed by atoms with Crippen LogP contribution in [0.5, 0.6) is 0 Å². The van der Waals surface area contributed by atoms with Gasteiger partial charge in [0.15, 0.2) is 5.58 Å². The molecule has 0 aliphatic heterocycles. The average Bonchev–Trinajstić information content (AvgIpc) is 2.95. The van der Waals surface area contributed by atoms with Crippen LogP contribution >= 0.6 is 11.8 Å². The Morgan fingerprint density at radius 3 is 3.11 bits per heavy atom. The van der Waals surface area contributed by atoms with Gasteiger partial charge in [0.05, 0.1) is 0 Å². The predicted molar refractivity (Wildman–Crippen MR) is 76.1 cm³/mol. The highest BCUT2D eigenvalue weighted by molar-refractivity contribution is 7.99. The molecule has 0 amide bonds. The third kappa shape index (κ3) is 2.58. The number of nitrogens with two attached hydrogens (primary N) is 1. The number of imidazole rings is 1. The number of nitrogen functional groups attached to an aromatic ring is 1. The van der Waals surface area contributed by atoms with Crippen molar-refractivity contribution < 1.29 is 4.42 Å². The zero-order valence-electron chi connectivity index (χ0n) is 10.5. The molecule has 0 spiro atoms. The number of nitrogens with zero attached hydrogens (tertiary/aromatic N) is 3. The van der Waals surface area contributed by atoms with Crippen LogP contribution in [-0.4, -0.2) is 20.3 Å². The smallest absolute Gasteiger partial charge is 0.256 e. The molecule has 5 nitrogen and oxygen atoms in total. The number of aromatic nitrogens is 3. The molecule has 0 fully saturated rings. The number of anilines is 1. The summed E-state index contributed by atoms with van der Waals surface area (Å²) in [6.07, 6.45) is 3.78. The maximum absolute atomic E-state index is 5.72. The van der Waals surface area contributed by atoms with Crippen LogP contribution in [0.4, 0.5) is 5.69 Å². The SMILES string of the molecule is Cc1nccn1CCSc1nc2cc(N)ccc2o1. The lowest BCUT2D eigenvalue weighted by Gasteiger charge is -2.02. The third-order valence-corrected chi connectivity index (χ3v) is 3.68. The topological polar surface area (TPSA) is 69.9 Å². The maximum Gasteiger partial charge on any atom is 0.256 e. The number of benzene rings is 1. The summed E-state index contributed by atoms with van der Waals surface area (Å²) < 4.78 is 7.75. The summed E-state index contributed by atoms with van der Waals surface area (Å²) in [6, 6.07) is 5.49. The van der Waals surface area contributed by atoms with E-state index in [1.165, 1.54) is 0 Å². The van der Waals surface area contributed by atoms with Crippen molar-refractivity contribution in [1.29, 1.82) is 0 Å². The Morgan fingerprint density at radius 2 is 2.32 bits per heavy atom. The number of oxazole rings is 1. The quantitative estimate of drug-likeness (QED) is 0.585. The highest BCUT2D eigenvalue weighted by Crippen LogP contribution is 2.24. The van der Waals surface area contributed by atoms with Gasteiger partial charge in [-0.15, -0.1) is 0 Å². The Morgan fingerprint density at radius 1 is 1.42 bits per heavy atom. The van der Waals surface area contributed by atoms with Crippen LogP contribution in [0.25, 0.3) is 11.1 Å². The van der Waals surface area contributed by atoms with Gasteiger partial charge in [-0.05, 0) is 25.1 Å². The van der Waals surface area contributed by atoms with E-state index in [2.05, 4.69) is 14.5 Å². The van der Waals surface area contributed by atoms with Crippen molar-refractivity contribution in [2.75, 3.05) is 11.5 Å². The zero-order chi connectivity index (χ0) is 13.2. The summed E-state index contributed by atoms with van der Waals surface area (Å²) in [5.74, 6) is 1.91. The summed E-state index contributed by atoms with van der Waals surface area (Å²) in [5, 5.41) is 0.679. The lowest BCUT2D eigenvalue weighted by atomic mass is 10.3. The normalized spacial score (nSPS) is 11.2. The van der Waals surface area contributed by atoms with Crippen LogP contribution in [0.2, 0.25) is 0 Å². The molecule has 0 aliphatic rings. The first-order chi connectivity index (χ1) is 9.22. The average molecular weight is 274 g/mol. The fraction of sp³-hybridized carbons (Fsp3) is 0.231. The maximum atomic E-state index is 5.72. The number of fused-ring (bicyclic) bond motifs is 1. The van der Waals surface area contributed by atoms with Gasteiger partial charge < -0.3 is 14.7 Å². The summed E-state index contributed by atoms with van der Waals surface area (Å²) in [6.45, 7) is 2.88. The van der Waals surface area contributed by atoms with Crippen molar-refractivity contribution in [3.63, 3.8) is 0 Å². The number of hydrogen-bond donors (Lipinski definition) is 1. The number of rotatable bonds is 4. The minimum Gasteiger partial charge on any atom is -0.431 e. The van der Waals surface area contributed by atoms with Gasteiger partial charge in [-0.1, -0.05) is 11.8 Å². The third-order valence-electron chi connectivity index (χ3n) is 2.87. The molecule has 0 bridgehead atoms. The van der Waals surface area contributed by atoms with Crippen molar-refractivity contribution in [2.45, 2.75) is 18.7 Å². The van der Waals surface area contributed by atoms with Crippen LogP contribution < -0.4 is 5.73 Å². The lowest BCUT2D eigenvalue weighted by molar-refractivity contribution is 0.489. The van der Waals surface area contributed by atoms with Gasteiger partial charge in [0.2, 0.25) is 0 Å². The molecule has 0 unspecified atom stereocenters. The fourth-order valence-corrected chi connectivity index (χ4v) is 2.63. The first-order valence-electron chi connectivity index (χ1n) is 5.99. The zero-order valence-corrected chi connectivity index (χ0v) is 11.4. The molecule has 0 saturated heterocycles. The molecule has 2 heterocycles. The van der Waals surface area contributed by atoms with Gasteiger partial charge in [-0.3, -0.25) is 0 Å². The molecule has 98 valence electrons. The van der Waals surface area contributed by atoms with Crippen molar-refractivity contribution in [1.82, 2.24) is 14.5 Å². The first kappa shape index (κ1) is 12.1. The van der Waals surface area contributed by atoms with E-state index in [1.54, 1.807) is 11.8 Å². The molecule has 2 aromatic heterocycles. The Hall–Kier alpha value is -1.95.